The first-order valence-electron chi connectivity index (χ1n) is 8.93. The highest BCUT2D eigenvalue weighted by Crippen LogP contribution is 2.32. The van der Waals surface area contributed by atoms with Crippen molar-refractivity contribution in [3.05, 3.63) is 29.8 Å². The van der Waals surface area contributed by atoms with Crippen LogP contribution in [0.4, 0.5) is 0 Å². The summed E-state index contributed by atoms with van der Waals surface area (Å²) < 4.78 is 35.3. The quantitative estimate of drug-likeness (QED) is 0.735. The van der Waals surface area contributed by atoms with E-state index in [2.05, 4.69) is 0 Å². The van der Waals surface area contributed by atoms with Crippen LogP contribution in [0.3, 0.4) is 0 Å². The molecule has 1 aromatic carbocycles. The zero-order valence-electron chi connectivity index (χ0n) is 15.2. The Morgan fingerprint density at radius 3 is 2.62 bits per heavy atom. The standard InChI is InChI=1S/C19H25NO5S/c1-14(2)12-26(22,23)16-7-9-20(10-8-16)19(21)6-4-15-3-5-17-18(11-15)25-13-24-17/h3-6,11,14,16H,7-10,12-13H2,1-2H3/b6-4+. The maximum Gasteiger partial charge on any atom is 0.246 e. The summed E-state index contributed by atoms with van der Waals surface area (Å²) in [4.78, 5) is 14.1. The maximum absolute atomic E-state index is 12.4. The molecule has 0 aromatic heterocycles. The van der Waals surface area contributed by atoms with Crippen molar-refractivity contribution in [2.75, 3.05) is 25.6 Å². The molecule has 2 aliphatic heterocycles. The molecule has 2 heterocycles. The Bertz CT molecular complexity index is 792. The fraction of sp³-hybridized carbons (Fsp3) is 0.526. The number of hydrogen-bond acceptors (Lipinski definition) is 5. The molecule has 1 aromatic rings. The van der Waals surface area contributed by atoms with Gasteiger partial charge in [0.2, 0.25) is 12.7 Å². The van der Waals surface area contributed by atoms with Gasteiger partial charge in [0.15, 0.2) is 21.3 Å². The zero-order chi connectivity index (χ0) is 18.7. The lowest BCUT2D eigenvalue weighted by atomic mass is 10.1. The van der Waals surface area contributed by atoms with E-state index in [9.17, 15) is 13.2 Å². The van der Waals surface area contributed by atoms with Gasteiger partial charge >= 0.3 is 0 Å². The second-order valence-electron chi connectivity index (χ2n) is 7.19. The Morgan fingerprint density at radius 1 is 1.23 bits per heavy atom. The summed E-state index contributed by atoms with van der Waals surface area (Å²) in [5.74, 6) is 1.64. The van der Waals surface area contributed by atoms with Crippen molar-refractivity contribution in [2.45, 2.75) is 31.9 Å². The number of carbonyl (C=O) groups excluding carboxylic acids is 1. The minimum atomic E-state index is -3.07. The molecule has 0 N–H and O–H groups in total. The van der Waals surface area contributed by atoms with Crippen LogP contribution in [0.2, 0.25) is 0 Å². The topological polar surface area (TPSA) is 72.9 Å². The Kier molecular flexibility index (Phi) is 5.55. The van der Waals surface area contributed by atoms with Crippen molar-refractivity contribution in [3.63, 3.8) is 0 Å². The van der Waals surface area contributed by atoms with Gasteiger partial charge in [0.05, 0.1) is 11.0 Å². The summed E-state index contributed by atoms with van der Waals surface area (Å²) in [7, 11) is -3.07. The highest BCUT2D eigenvalue weighted by Gasteiger charge is 2.31. The minimum absolute atomic E-state index is 0.0950. The number of carbonyl (C=O) groups is 1. The fourth-order valence-corrected chi connectivity index (χ4v) is 5.46. The smallest absolute Gasteiger partial charge is 0.246 e. The number of amides is 1. The van der Waals surface area contributed by atoms with E-state index in [-0.39, 0.29) is 29.6 Å². The number of fused-ring (bicyclic) bond motifs is 1. The van der Waals surface area contributed by atoms with Crippen molar-refractivity contribution < 1.29 is 22.7 Å². The molecule has 3 rings (SSSR count). The second-order valence-corrected chi connectivity index (χ2v) is 9.52. The van der Waals surface area contributed by atoms with Gasteiger partial charge in [-0.2, -0.15) is 0 Å². The average molecular weight is 379 g/mol. The molecule has 0 aliphatic carbocycles. The molecule has 0 unspecified atom stereocenters. The van der Waals surface area contributed by atoms with Gasteiger partial charge in [-0.25, -0.2) is 8.42 Å². The number of nitrogens with zero attached hydrogens (tertiary/aromatic N) is 1. The van der Waals surface area contributed by atoms with Crippen LogP contribution < -0.4 is 9.47 Å². The first-order valence-corrected chi connectivity index (χ1v) is 10.6. The van der Waals surface area contributed by atoms with E-state index >= 15 is 0 Å². The minimum Gasteiger partial charge on any atom is -0.454 e. The van der Waals surface area contributed by atoms with Gasteiger partial charge in [0, 0.05) is 19.2 Å². The molecular formula is C19H25NO5S. The van der Waals surface area contributed by atoms with E-state index < -0.39 is 9.84 Å². The Labute approximate surface area is 154 Å². The first kappa shape index (κ1) is 18.8. The van der Waals surface area contributed by atoms with E-state index in [1.165, 1.54) is 6.08 Å². The van der Waals surface area contributed by atoms with Crippen molar-refractivity contribution in [1.29, 1.82) is 0 Å². The molecule has 1 saturated heterocycles. The van der Waals surface area contributed by atoms with Gasteiger partial charge in [-0.15, -0.1) is 0 Å². The third-order valence-corrected chi connectivity index (χ3v) is 7.26. The first-order chi connectivity index (χ1) is 12.3. The SMILES string of the molecule is CC(C)CS(=O)(=O)C1CCN(C(=O)/C=C/c2ccc3c(c2)OCO3)CC1. The average Bonchev–Trinajstić information content (AvgIpc) is 3.06. The molecule has 0 radical (unpaired) electrons. The van der Waals surface area contributed by atoms with Crippen LogP contribution in [-0.4, -0.2) is 50.1 Å². The second kappa shape index (κ2) is 7.70. The van der Waals surface area contributed by atoms with E-state index in [1.807, 2.05) is 32.0 Å². The van der Waals surface area contributed by atoms with Crippen molar-refractivity contribution in [1.82, 2.24) is 4.90 Å². The van der Waals surface area contributed by atoms with Gasteiger partial charge in [0.1, 0.15) is 0 Å². The molecule has 0 spiro atoms. The zero-order valence-corrected chi connectivity index (χ0v) is 16.0. The highest BCUT2D eigenvalue weighted by atomic mass is 32.2. The molecule has 0 bridgehead atoms. The largest absolute Gasteiger partial charge is 0.454 e. The normalized spacial score (nSPS) is 18.0. The molecule has 2 aliphatic rings. The number of ether oxygens (including phenoxy) is 2. The number of likely N-dealkylation sites (tertiary alicyclic amines) is 1. The predicted molar refractivity (Wildman–Crippen MR) is 99.8 cm³/mol. The molecule has 0 saturated carbocycles. The summed E-state index contributed by atoms with van der Waals surface area (Å²) in [6, 6.07) is 5.51. The Hall–Kier alpha value is -2.02. The third-order valence-electron chi connectivity index (χ3n) is 4.64. The predicted octanol–water partition coefficient (Wildman–Crippen LogP) is 2.49. The van der Waals surface area contributed by atoms with Gasteiger partial charge in [-0.3, -0.25) is 4.79 Å². The third kappa shape index (κ3) is 4.38. The van der Waals surface area contributed by atoms with Crippen molar-refractivity contribution in [3.8, 4) is 11.5 Å². The van der Waals surface area contributed by atoms with Crippen LogP contribution in [0, 0.1) is 5.92 Å². The monoisotopic (exact) mass is 379 g/mol. The lowest BCUT2D eigenvalue weighted by Gasteiger charge is -2.31. The molecule has 142 valence electrons. The molecular weight excluding hydrogens is 354 g/mol. The molecule has 1 amide bonds. The van der Waals surface area contributed by atoms with Gasteiger partial charge < -0.3 is 14.4 Å². The van der Waals surface area contributed by atoms with E-state index in [1.54, 1.807) is 11.0 Å². The van der Waals surface area contributed by atoms with Gasteiger partial charge in [0.25, 0.3) is 0 Å². The van der Waals surface area contributed by atoms with Crippen LogP contribution in [0.15, 0.2) is 24.3 Å². The Balaban J connectivity index is 1.55. The van der Waals surface area contributed by atoms with Gasteiger partial charge in [-0.05, 0) is 42.5 Å². The van der Waals surface area contributed by atoms with Crippen LogP contribution in [0.1, 0.15) is 32.3 Å². The number of hydrogen-bond donors (Lipinski definition) is 0. The van der Waals surface area contributed by atoms with E-state index in [4.69, 9.17) is 9.47 Å². The van der Waals surface area contributed by atoms with Crippen LogP contribution in [0.5, 0.6) is 11.5 Å². The maximum atomic E-state index is 12.4. The lowest BCUT2D eigenvalue weighted by molar-refractivity contribution is -0.126. The number of rotatable bonds is 5. The highest BCUT2D eigenvalue weighted by molar-refractivity contribution is 7.92. The van der Waals surface area contributed by atoms with Crippen LogP contribution in [-0.2, 0) is 14.6 Å². The number of benzene rings is 1. The molecule has 26 heavy (non-hydrogen) atoms. The molecule has 7 heteroatoms. The van der Waals surface area contributed by atoms with E-state index in [0.717, 1.165) is 5.56 Å². The summed E-state index contributed by atoms with van der Waals surface area (Å²) >= 11 is 0. The van der Waals surface area contributed by atoms with Crippen molar-refractivity contribution >= 4 is 21.8 Å². The van der Waals surface area contributed by atoms with E-state index in [0.29, 0.717) is 37.4 Å². The van der Waals surface area contributed by atoms with Crippen molar-refractivity contribution in [2.24, 2.45) is 5.92 Å². The summed E-state index contributed by atoms with van der Waals surface area (Å²) in [6.07, 6.45) is 4.30. The molecule has 0 atom stereocenters. The fourth-order valence-electron chi connectivity index (χ4n) is 3.33. The summed E-state index contributed by atoms with van der Waals surface area (Å²) in [6.45, 7) is 5.00. The number of sulfone groups is 1. The summed E-state index contributed by atoms with van der Waals surface area (Å²) in [5, 5.41) is -0.327. The van der Waals surface area contributed by atoms with Crippen LogP contribution >= 0.6 is 0 Å². The lowest BCUT2D eigenvalue weighted by Crippen LogP contribution is -2.42. The molecule has 1 fully saturated rings. The number of piperidine rings is 1. The molecule has 6 nitrogen and oxygen atoms in total. The summed E-state index contributed by atoms with van der Waals surface area (Å²) in [5.41, 5.74) is 0.858. The van der Waals surface area contributed by atoms with Crippen LogP contribution in [0.25, 0.3) is 6.08 Å². The van der Waals surface area contributed by atoms with Gasteiger partial charge in [-0.1, -0.05) is 19.9 Å². The Morgan fingerprint density at radius 2 is 1.92 bits per heavy atom.